The van der Waals surface area contributed by atoms with Crippen molar-refractivity contribution < 1.29 is 0 Å². The number of rotatable bonds is 4. The molecule has 20 heavy (non-hydrogen) atoms. The Balaban J connectivity index is 1.72. The lowest BCUT2D eigenvalue weighted by Crippen LogP contribution is -2.20. The van der Waals surface area contributed by atoms with E-state index in [1.807, 2.05) is 6.20 Å². The Bertz CT molecular complexity index is 643. The molecule has 3 heterocycles. The first-order valence-corrected chi connectivity index (χ1v) is 7.39. The van der Waals surface area contributed by atoms with E-state index >= 15 is 0 Å². The Morgan fingerprint density at radius 1 is 1.45 bits per heavy atom. The van der Waals surface area contributed by atoms with Gasteiger partial charge < -0.3 is 9.97 Å². The molecule has 1 fully saturated rings. The predicted octanol–water partition coefficient (Wildman–Crippen LogP) is 2.12. The number of nitrogens with zero attached hydrogens (tertiary/aromatic N) is 2. The van der Waals surface area contributed by atoms with Crippen molar-refractivity contribution in [3.63, 3.8) is 0 Å². The number of likely N-dealkylation sites (tertiary alicyclic amines) is 1. The predicted molar refractivity (Wildman–Crippen MR) is 79.6 cm³/mol. The Hall–Kier alpha value is -1.62. The number of hydrogen-bond donors (Lipinski definition) is 2. The molecule has 0 aromatic carbocycles. The van der Waals surface area contributed by atoms with Crippen molar-refractivity contribution in [1.82, 2.24) is 19.9 Å². The molecule has 2 aromatic heterocycles. The van der Waals surface area contributed by atoms with E-state index in [9.17, 15) is 4.79 Å². The summed E-state index contributed by atoms with van der Waals surface area (Å²) in [5.74, 6) is 1.59. The van der Waals surface area contributed by atoms with Crippen LogP contribution in [0.3, 0.4) is 0 Å². The molecule has 1 aliphatic heterocycles. The summed E-state index contributed by atoms with van der Waals surface area (Å²) in [4.78, 5) is 24.1. The number of aromatic nitrogens is 3. The average molecular weight is 274 g/mol. The summed E-state index contributed by atoms with van der Waals surface area (Å²) in [6, 6.07) is 0. The van der Waals surface area contributed by atoms with Gasteiger partial charge in [-0.15, -0.1) is 0 Å². The highest BCUT2D eigenvalue weighted by Gasteiger charge is 2.24. The van der Waals surface area contributed by atoms with E-state index in [1.54, 1.807) is 0 Å². The van der Waals surface area contributed by atoms with E-state index < -0.39 is 0 Å². The second-order valence-electron chi connectivity index (χ2n) is 6.29. The molecule has 0 unspecified atom stereocenters. The molecule has 108 valence electrons. The van der Waals surface area contributed by atoms with Gasteiger partial charge in [0.05, 0.1) is 11.8 Å². The Kier molecular flexibility index (Phi) is 3.61. The molecule has 0 spiro atoms. The summed E-state index contributed by atoms with van der Waals surface area (Å²) in [6.45, 7) is 7.77. The summed E-state index contributed by atoms with van der Waals surface area (Å²) < 4.78 is 0. The lowest BCUT2D eigenvalue weighted by Gasteiger charge is -2.16. The van der Waals surface area contributed by atoms with Gasteiger partial charge in [-0.2, -0.15) is 0 Å². The van der Waals surface area contributed by atoms with Crippen molar-refractivity contribution in [3.05, 3.63) is 28.4 Å². The molecule has 0 radical (unpaired) electrons. The first-order chi connectivity index (χ1) is 9.63. The van der Waals surface area contributed by atoms with E-state index in [0.29, 0.717) is 5.52 Å². The second kappa shape index (κ2) is 5.40. The molecule has 5 heteroatoms. The minimum Gasteiger partial charge on any atom is -0.355 e. The maximum absolute atomic E-state index is 11.7. The monoisotopic (exact) mass is 274 g/mol. The van der Waals surface area contributed by atoms with Crippen molar-refractivity contribution >= 4 is 11.0 Å². The number of H-pyrrole nitrogens is 2. The Morgan fingerprint density at radius 3 is 3.10 bits per heavy atom. The summed E-state index contributed by atoms with van der Waals surface area (Å²) in [5, 5.41) is 0. The maximum Gasteiger partial charge on any atom is 0.275 e. The van der Waals surface area contributed by atoms with Crippen molar-refractivity contribution in [2.75, 3.05) is 13.1 Å². The zero-order valence-corrected chi connectivity index (χ0v) is 12.1. The molecule has 1 atom stereocenters. The summed E-state index contributed by atoms with van der Waals surface area (Å²) >= 11 is 0. The number of fused-ring (bicyclic) bond motifs is 1. The zero-order chi connectivity index (χ0) is 14.1. The lowest BCUT2D eigenvalue weighted by molar-refractivity contribution is 0.306. The van der Waals surface area contributed by atoms with Gasteiger partial charge in [0, 0.05) is 24.8 Å². The SMILES string of the molecule is CC(C)C[C@@H]1CCN(Cc2c[nH]c3c(=O)[nH]cnc23)C1. The van der Waals surface area contributed by atoms with E-state index in [1.165, 1.54) is 19.2 Å². The van der Waals surface area contributed by atoms with Crippen LogP contribution in [0.2, 0.25) is 0 Å². The normalized spacial score (nSPS) is 20.2. The number of nitrogens with one attached hydrogen (secondary N) is 2. The third-order valence-corrected chi connectivity index (χ3v) is 4.12. The van der Waals surface area contributed by atoms with Gasteiger partial charge in [0.25, 0.3) is 5.56 Å². The minimum atomic E-state index is -0.0969. The highest BCUT2D eigenvalue weighted by molar-refractivity contribution is 5.77. The fourth-order valence-electron chi connectivity index (χ4n) is 3.28. The van der Waals surface area contributed by atoms with Gasteiger partial charge in [0.2, 0.25) is 0 Å². The molecule has 0 bridgehead atoms. The highest BCUT2D eigenvalue weighted by atomic mass is 16.1. The van der Waals surface area contributed by atoms with Gasteiger partial charge in [-0.3, -0.25) is 9.69 Å². The van der Waals surface area contributed by atoms with Gasteiger partial charge in [-0.1, -0.05) is 13.8 Å². The van der Waals surface area contributed by atoms with Crippen LogP contribution < -0.4 is 5.56 Å². The molecular weight excluding hydrogens is 252 g/mol. The van der Waals surface area contributed by atoms with Crippen molar-refractivity contribution in [3.8, 4) is 0 Å². The first-order valence-electron chi connectivity index (χ1n) is 7.39. The van der Waals surface area contributed by atoms with Crippen LogP contribution in [0.25, 0.3) is 11.0 Å². The van der Waals surface area contributed by atoms with Crippen molar-refractivity contribution in [2.45, 2.75) is 33.2 Å². The molecule has 1 saturated heterocycles. The van der Waals surface area contributed by atoms with Crippen molar-refractivity contribution in [1.29, 1.82) is 0 Å². The highest BCUT2D eigenvalue weighted by Crippen LogP contribution is 2.25. The average Bonchev–Trinajstić information content (AvgIpc) is 2.98. The molecule has 0 aliphatic carbocycles. The van der Waals surface area contributed by atoms with Crippen LogP contribution in [0.4, 0.5) is 0 Å². The molecule has 3 rings (SSSR count). The molecular formula is C15H22N4O. The van der Waals surface area contributed by atoms with Crippen LogP contribution in [0, 0.1) is 11.8 Å². The van der Waals surface area contributed by atoms with Crippen LogP contribution in [-0.4, -0.2) is 32.9 Å². The molecule has 1 aliphatic rings. The van der Waals surface area contributed by atoms with Crippen LogP contribution in [0.5, 0.6) is 0 Å². The number of aromatic amines is 2. The van der Waals surface area contributed by atoms with Gasteiger partial charge in [-0.25, -0.2) is 4.98 Å². The van der Waals surface area contributed by atoms with Gasteiger partial charge in [0.15, 0.2) is 0 Å². The van der Waals surface area contributed by atoms with E-state index in [4.69, 9.17) is 0 Å². The van der Waals surface area contributed by atoms with Crippen molar-refractivity contribution in [2.24, 2.45) is 11.8 Å². The van der Waals surface area contributed by atoms with Crippen LogP contribution in [0.15, 0.2) is 17.3 Å². The van der Waals surface area contributed by atoms with E-state index in [-0.39, 0.29) is 5.56 Å². The largest absolute Gasteiger partial charge is 0.355 e. The van der Waals surface area contributed by atoms with Crippen LogP contribution >= 0.6 is 0 Å². The third-order valence-electron chi connectivity index (χ3n) is 4.12. The minimum absolute atomic E-state index is 0.0969. The van der Waals surface area contributed by atoms with E-state index in [2.05, 4.69) is 33.7 Å². The summed E-state index contributed by atoms with van der Waals surface area (Å²) in [5.41, 5.74) is 2.41. The zero-order valence-electron chi connectivity index (χ0n) is 12.1. The second-order valence-corrected chi connectivity index (χ2v) is 6.29. The van der Waals surface area contributed by atoms with Crippen LogP contribution in [0.1, 0.15) is 32.3 Å². The quantitative estimate of drug-likeness (QED) is 0.897. The fraction of sp³-hybridized carbons (Fsp3) is 0.600. The van der Waals surface area contributed by atoms with Crippen LogP contribution in [-0.2, 0) is 6.54 Å². The summed E-state index contributed by atoms with van der Waals surface area (Å²) in [7, 11) is 0. The standard InChI is InChI=1S/C15H22N4O/c1-10(2)5-11-3-4-19(7-11)8-12-6-16-14-13(12)17-9-18-15(14)20/h6,9-11,16H,3-5,7-8H2,1-2H3,(H,17,18,20)/t11-/m0/s1. The Morgan fingerprint density at radius 2 is 2.30 bits per heavy atom. The first kappa shape index (κ1) is 13.4. The summed E-state index contributed by atoms with van der Waals surface area (Å²) in [6.07, 6.45) is 5.99. The molecule has 5 nitrogen and oxygen atoms in total. The Labute approximate surface area is 118 Å². The lowest BCUT2D eigenvalue weighted by atomic mass is 9.97. The smallest absolute Gasteiger partial charge is 0.275 e. The van der Waals surface area contributed by atoms with E-state index in [0.717, 1.165) is 42.6 Å². The molecule has 2 aromatic rings. The molecule has 0 amide bonds. The van der Waals surface area contributed by atoms with Gasteiger partial charge >= 0.3 is 0 Å². The van der Waals surface area contributed by atoms with Gasteiger partial charge in [0.1, 0.15) is 5.52 Å². The maximum atomic E-state index is 11.7. The molecule has 0 saturated carbocycles. The topological polar surface area (TPSA) is 64.8 Å². The number of hydrogen-bond acceptors (Lipinski definition) is 3. The third kappa shape index (κ3) is 2.63. The molecule has 2 N–H and O–H groups in total. The van der Waals surface area contributed by atoms with Gasteiger partial charge in [-0.05, 0) is 31.2 Å². The fourth-order valence-corrected chi connectivity index (χ4v) is 3.28.